The summed E-state index contributed by atoms with van der Waals surface area (Å²) < 4.78 is 34.9. The molecule has 0 N–H and O–H groups in total. The van der Waals surface area contributed by atoms with Crippen molar-refractivity contribution in [3.8, 4) is 6.07 Å². The van der Waals surface area contributed by atoms with Crippen molar-refractivity contribution in [2.24, 2.45) is 5.92 Å². The average Bonchev–Trinajstić information content (AvgIpc) is 3.48. The molecule has 0 radical (unpaired) electrons. The number of aromatic nitrogens is 1. The molecule has 2 aromatic heterocycles. The van der Waals surface area contributed by atoms with Gasteiger partial charge in [0.05, 0.1) is 23.5 Å². The summed E-state index contributed by atoms with van der Waals surface area (Å²) in [5, 5.41) is 12.0. The van der Waals surface area contributed by atoms with Gasteiger partial charge < -0.3 is 9.64 Å². The van der Waals surface area contributed by atoms with Gasteiger partial charge in [0.25, 0.3) is 10.0 Å². The van der Waals surface area contributed by atoms with Crippen LogP contribution < -0.4 is 4.90 Å². The number of anilines is 1. The molecule has 0 spiro atoms. The van der Waals surface area contributed by atoms with Crippen molar-refractivity contribution < 1.29 is 13.2 Å². The Morgan fingerprint density at radius 1 is 1.26 bits per heavy atom. The van der Waals surface area contributed by atoms with Crippen LogP contribution in [0.15, 0.2) is 21.7 Å². The zero-order valence-corrected chi connectivity index (χ0v) is 21.9. The Balaban J connectivity index is 1.54. The van der Waals surface area contributed by atoms with Gasteiger partial charge in [0.1, 0.15) is 16.1 Å². The molecular weight excluding hydrogens is 468 g/mol. The highest BCUT2D eigenvalue weighted by atomic mass is 32.2. The lowest BCUT2D eigenvalue weighted by Gasteiger charge is -2.43. The van der Waals surface area contributed by atoms with E-state index in [1.165, 1.54) is 11.3 Å². The average molecular weight is 501 g/mol. The van der Waals surface area contributed by atoms with Crippen molar-refractivity contribution in [1.29, 1.82) is 5.26 Å². The minimum atomic E-state index is -3.55. The van der Waals surface area contributed by atoms with Gasteiger partial charge in [-0.3, -0.25) is 0 Å². The molecule has 1 unspecified atom stereocenters. The number of hydrogen-bond donors (Lipinski definition) is 0. The van der Waals surface area contributed by atoms with Crippen molar-refractivity contribution in [3.05, 3.63) is 39.9 Å². The maximum absolute atomic E-state index is 13.4. The van der Waals surface area contributed by atoms with Crippen LogP contribution in [0.3, 0.4) is 0 Å². The smallest absolute Gasteiger partial charge is 0.252 e. The highest BCUT2D eigenvalue weighted by Gasteiger charge is 2.41. The summed E-state index contributed by atoms with van der Waals surface area (Å²) in [4.78, 5) is 7.23. The lowest BCUT2D eigenvalue weighted by atomic mass is 9.87. The van der Waals surface area contributed by atoms with Crippen LogP contribution in [0.2, 0.25) is 0 Å². The molecule has 182 valence electrons. The predicted octanol–water partition coefficient (Wildman–Crippen LogP) is 4.28. The standard InChI is InChI=1S/C25H32N4O3S2/c1-16(2)21-14-28(9-10-29(21)34(30,31)22-6-5-11-33-22)24-19(13-26)18-12-25(3,4)32-15-20(18)23(27-24)17-7-8-17/h5-6,11,16-17,21H,7-10,12,14-15H2,1-4H3. The Bertz CT molecular complexity index is 1230. The lowest BCUT2D eigenvalue weighted by Crippen LogP contribution is -2.57. The topological polar surface area (TPSA) is 86.5 Å². The molecule has 1 saturated heterocycles. The van der Waals surface area contributed by atoms with E-state index >= 15 is 0 Å². The number of nitrogens with zero attached hydrogens (tertiary/aromatic N) is 4. The fraction of sp³-hybridized carbons (Fsp3) is 0.600. The second-order valence-corrected chi connectivity index (χ2v) is 13.6. The van der Waals surface area contributed by atoms with E-state index in [1.54, 1.807) is 21.8 Å². The first kappa shape index (κ1) is 23.7. The molecule has 1 atom stereocenters. The van der Waals surface area contributed by atoms with E-state index in [9.17, 15) is 13.7 Å². The molecule has 34 heavy (non-hydrogen) atoms. The van der Waals surface area contributed by atoms with Gasteiger partial charge in [-0.2, -0.15) is 9.57 Å². The second-order valence-electron chi connectivity index (χ2n) is 10.6. The third kappa shape index (κ3) is 4.15. The number of thiophene rings is 1. The fourth-order valence-electron chi connectivity index (χ4n) is 5.17. The van der Waals surface area contributed by atoms with Crippen LogP contribution in [0.5, 0.6) is 0 Å². The number of pyridine rings is 1. The molecule has 7 nitrogen and oxygen atoms in total. The third-order valence-corrected chi connectivity index (χ3v) is 10.5. The van der Waals surface area contributed by atoms with E-state index in [4.69, 9.17) is 9.72 Å². The first-order chi connectivity index (χ1) is 16.1. The summed E-state index contributed by atoms with van der Waals surface area (Å²) in [5.74, 6) is 1.28. The van der Waals surface area contributed by atoms with Crippen LogP contribution in [0.1, 0.15) is 68.8 Å². The first-order valence-electron chi connectivity index (χ1n) is 12.0. The normalized spacial score (nSPS) is 23.1. The van der Waals surface area contributed by atoms with Gasteiger partial charge in [0, 0.05) is 43.6 Å². The second kappa shape index (κ2) is 8.59. The molecule has 4 heterocycles. The van der Waals surface area contributed by atoms with Crippen molar-refractivity contribution >= 4 is 27.2 Å². The molecule has 0 aromatic carbocycles. The van der Waals surface area contributed by atoms with Gasteiger partial charge in [0.15, 0.2) is 0 Å². The quantitative estimate of drug-likeness (QED) is 0.609. The van der Waals surface area contributed by atoms with Gasteiger partial charge in [-0.05, 0) is 49.6 Å². The predicted molar refractivity (Wildman–Crippen MR) is 133 cm³/mol. The third-order valence-electron chi connectivity index (χ3n) is 7.21. The van der Waals surface area contributed by atoms with E-state index in [0.717, 1.165) is 35.5 Å². The zero-order valence-electron chi connectivity index (χ0n) is 20.2. The van der Waals surface area contributed by atoms with E-state index in [1.807, 2.05) is 0 Å². The summed E-state index contributed by atoms with van der Waals surface area (Å²) in [6.45, 7) is 10.2. The zero-order chi connectivity index (χ0) is 24.3. The molecule has 0 bridgehead atoms. The van der Waals surface area contributed by atoms with Crippen molar-refractivity contribution in [1.82, 2.24) is 9.29 Å². The maximum atomic E-state index is 13.4. The molecule has 3 aliphatic rings. The number of sulfonamides is 1. The number of ether oxygens (including phenoxy) is 1. The van der Waals surface area contributed by atoms with E-state index < -0.39 is 10.0 Å². The largest absolute Gasteiger partial charge is 0.370 e. The molecule has 2 aliphatic heterocycles. The summed E-state index contributed by atoms with van der Waals surface area (Å²) >= 11 is 1.26. The van der Waals surface area contributed by atoms with E-state index in [0.29, 0.717) is 48.4 Å². The van der Waals surface area contributed by atoms with Gasteiger partial charge in [0.2, 0.25) is 0 Å². The van der Waals surface area contributed by atoms with Crippen LogP contribution in [0.4, 0.5) is 5.82 Å². The summed E-state index contributed by atoms with van der Waals surface area (Å²) in [7, 11) is -3.55. The Hall–Kier alpha value is -1.99. The number of fused-ring (bicyclic) bond motifs is 1. The molecule has 5 rings (SSSR count). The van der Waals surface area contributed by atoms with Crippen LogP contribution in [-0.4, -0.2) is 49.0 Å². The van der Waals surface area contributed by atoms with Crippen LogP contribution in [0.25, 0.3) is 0 Å². The molecule has 0 amide bonds. The SMILES string of the molecule is CC(C)C1CN(c2nc(C3CC3)c3c(c2C#N)CC(C)(C)OC3)CCN1S(=O)(=O)c1cccs1. The number of piperazine rings is 1. The number of rotatable bonds is 5. The lowest BCUT2D eigenvalue weighted by molar-refractivity contribution is -0.0407. The highest BCUT2D eigenvalue weighted by molar-refractivity contribution is 7.91. The molecule has 9 heteroatoms. The van der Waals surface area contributed by atoms with E-state index in [-0.39, 0.29) is 17.6 Å². The highest BCUT2D eigenvalue weighted by Crippen LogP contribution is 2.46. The van der Waals surface area contributed by atoms with Gasteiger partial charge in [-0.15, -0.1) is 11.3 Å². The molecule has 1 aliphatic carbocycles. The Kier molecular flexibility index (Phi) is 6.00. The number of hydrogen-bond acceptors (Lipinski definition) is 7. The maximum Gasteiger partial charge on any atom is 0.252 e. The van der Waals surface area contributed by atoms with Crippen molar-refractivity contribution in [2.75, 3.05) is 24.5 Å². The van der Waals surface area contributed by atoms with Crippen LogP contribution in [0, 0.1) is 17.2 Å². The Morgan fingerprint density at radius 3 is 2.65 bits per heavy atom. The minimum Gasteiger partial charge on any atom is -0.370 e. The summed E-state index contributed by atoms with van der Waals surface area (Å²) in [6.07, 6.45) is 2.92. The first-order valence-corrected chi connectivity index (χ1v) is 14.3. The van der Waals surface area contributed by atoms with Crippen LogP contribution in [-0.2, 0) is 27.8 Å². The fourth-order valence-corrected chi connectivity index (χ4v) is 8.03. The minimum absolute atomic E-state index is 0.121. The van der Waals surface area contributed by atoms with Gasteiger partial charge in [-0.25, -0.2) is 13.4 Å². The summed E-state index contributed by atoms with van der Waals surface area (Å²) in [5.41, 5.74) is 3.55. The summed E-state index contributed by atoms with van der Waals surface area (Å²) in [6, 6.07) is 5.72. The molecule has 2 fully saturated rings. The van der Waals surface area contributed by atoms with Crippen LogP contribution >= 0.6 is 11.3 Å². The Labute approximate surface area is 206 Å². The Morgan fingerprint density at radius 2 is 2.03 bits per heavy atom. The molecular formula is C25H32N4O3S2. The van der Waals surface area contributed by atoms with Gasteiger partial charge >= 0.3 is 0 Å². The molecule has 1 saturated carbocycles. The monoisotopic (exact) mass is 500 g/mol. The van der Waals surface area contributed by atoms with E-state index in [2.05, 4.69) is 38.7 Å². The van der Waals surface area contributed by atoms with Gasteiger partial charge in [-0.1, -0.05) is 19.9 Å². The van der Waals surface area contributed by atoms with Crippen molar-refractivity contribution in [2.45, 2.75) is 75.3 Å². The molecule has 2 aromatic rings. The number of nitriles is 1. The van der Waals surface area contributed by atoms with Crippen molar-refractivity contribution in [3.63, 3.8) is 0 Å².